The number of methoxy groups -OCH3 is 2. The summed E-state index contributed by atoms with van der Waals surface area (Å²) in [7, 11) is 3.27. The second-order valence-electron chi connectivity index (χ2n) is 6.05. The number of benzene rings is 1. The van der Waals surface area contributed by atoms with Crippen LogP contribution in [0.25, 0.3) is 0 Å². The molecule has 0 fully saturated rings. The summed E-state index contributed by atoms with van der Waals surface area (Å²) in [5.74, 6) is 0.698. The van der Waals surface area contributed by atoms with Crippen LogP contribution in [-0.2, 0) is 22.4 Å². The molecule has 1 atom stereocenters. The Morgan fingerprint density at radius 3 is 2.62 bits per heavy atom. The fraction of sp³-hybridized carbons (Fsp3) is 0.556. The molecule has 0 aromatic heterocycles. The Morgan fingerprint density at radius 1 is 1.21 bits per heavy atom. The van der Waals surface area contributed by atoms with E-state index in [9.17, 15) is 9.59 Å². The van der Waals surface area contributed by atoms with Crippen molar-refractivity contribution in [2.24, 2.45) is 0 Å². The number of nitrogens with one attached hydrogen (secondary N) is 1. The minimum Gasteiger partial charge on any atom is -0.493 e. The maximum atomic E-state index is 12.0. The van der Waals surface area contributed by atoms with E-state index in [1.807, 2.05) is 12.1 Å². The number of fused-ring (bicyclic) bond motifs is 1. The summed E-state index contributed by atoms with van der Waals surface area (Å²) in [6, 6.07) is 4.04. The van der Waals surface area contributed by atoms with E-state index in [1.54, 1.807) is 14.2 Å². The van der Waals surface area contributed by atoms with Crippen molar-refractivity contribution in [3.05, 3.63) is 23.3 Å². The van der Waals surface area contributed by atoms with Crippen LogP contribution in [0.3, 0.4) is 0 Å². The fourth-order valence-electron chi connectivity index (χ4n) is 3.17. The Kier molecular flexibility index (Phi) is 6.46. The number of aliphatic carboxylic acids is 1. The average Bonchev–Trinajstić information content (AvgIpc) is 2.57. The van der Waals surface area contributed by atoms with E-state index in [1.165, 1.54) is 5.56 Å². The van der Waals surface area contributed by atoms with Crippen LogP contribution in [0.2, 0.25) is 0 Å². The summed E-state index contributed by atoms with van der Waals surface area (Å²) >= 11 is 0. The van der Waals surface area contributed by atoms with Crippen molar-refractivity contribution in [2.75, 3.05) is 14.2 Å². The monoisotopic (exact) mass is 335 g/mol. The van der Waals surface area contributed by atoms with Crippen LogP contribution in [0.5, 0.6) is 11.5 Å². The van der Waals surface area contributed by atoms with Gasteiger partial charge in [-0.3, -0.25) is 9.59 Å². The number of ether oxygens (including phenoxy) is 2. The molecule has 0 spiro atoms. The summed E-state index contributed by atoms with van der Waals surface area (Å²) in [4.78, 5) is 22.4. The Bertz CT molecular complexity index is 599. The first kappa shape index (κ1) is 18.1. The molecule has 0 heterocycles. The number of rotatable bonds is 8. The van der Waals surface area contributed by atoms with Crippen molar-refractivity contribution >= 4 is 11.9 Å². The summed E-state index contributed by atoms with van der Waals surface area (Å²) < 4.78 is 10.8. The molecule has 0 bridgehead atoms. The lowest BCUT2D eigenvalue weighted by Crippen LogP contribution is -2.38. The van der Waals surface area contributed by atoms with Crippen molar-refractivity contribution in [3.63, 3.8) is 0 Å². The summed E-state index contributed by atoms with van der Waals surface area (Å²) in [5.41, 5.74) is 2.33. The number of carbonyl (C=O) groups is 2. The van der Waals surface area contributed by atoms with Crippen molar-refractivity contribution in [2.45, 2.75) is 51.0 Å². The van der Waals surface area contributed by atoms with Crippen LogP contribution >= 0.6 is 0 Å². The quantitative estimate of drug-likeness (QED) is 0.712. The Labute approximate surface area is 142 Å². The topological polar surface area (TPSA) is 84.9 Å². The average molecular weight is 335 g/mol. The highest BCUT2D eigenvalue weighted by atomic mass is 16.5. The molecule has 6 heteroatoms. The largest absolute Gasteiger partial charge is 0.493 e. The molecule has 0 radical (unpaired) electrons. The Balaban J connectivity index is 1.89. The van der Waals surface area contributed by atoms with Crippen LogP contribution in [0.15, 0.2) is 12.1 Å². The van der Waals surface area contributed by atoms with E-state index in [4.69, 9.17) is 14.6 Å². The molecule has 1 aliphatic rings. The van der Waals surface area contributed by atoms with Gasteiger partial charge in [0.15, 0.2) is 11.5 Å². The molecule has 2 rings (SSSR count). The first-order valence-electron chi connectivity index (χ1n) is 8.29. The molecule has 1 aromatic rings. The Hall–Kier alpha value is -2.24. The van der Waals surface area contributed by atoms with Gasteiger partial charge >= 0.3 is 5.97 Å². The number of hydrogen-bond donors (Lipinski definition) is 2. The van der Waals surface area contributed by atoms with Gasteiger partial charge in [-0.25, -0.2) is 0 Å². The van der Waals surface area contributed by atoms with Crippen LogP contribution < -0.4 is 14.8 Å². The number of carboxylic acid groups (broad SMARTS) is 1. The Morgan fingerprint density at radius 2 is 1.96 bits per heavy atom. The van der Waals surface area contributed by atoms with Gasteiger partial charge in [-0.15, -0.1) is 0 Å². The maximum Gasteiger partial charge on any atom is 0.303 e. The molecule has 0 saturated carbocycles. The third-order valence-corrected chi connectivity index (χ3v) is 4.36. The highest BCUT2D eigenvalue weighted by Crippen LogP contribution is 2.37. The van der Waals surface area contributed by atoms with Crippen LogP contribution in [0.1, 0.15) is 43.2 Å². The number of carbonyl (C=O) groups excluding carboxylic acids is 1. The van der Waals surface area contributed by atoms with Gasteiger partial charge in [-0.1, -0.05) is 6.07 Å². The molecule has 1 aromatic carbocycles. The molecule has 132 valence electrons. The third kappa shape index (κ3) is 4.63. The minimum atomic E-state index is -0.816. The molecule has 0 saturated heterocycles. The lowest BCUT2D eigenvalue weighted by molar-refractivity contribution is -0.137. The highest BCUT2D eigenvalue weighted by Gasteiger charge is 2.24. The maximum absolute atomic E-state index is 12.0. The lowest BCUT2D eigenvalue weighted by atomic mass is 9.87. The molecule has 1 amide bonds. The molecule has 1 aliphatic carbocycles. The van der Waals surface area contributed by atoms with Crippen molar-refractivity contribution in [1.29, 1.82) is 0 Å². The standard InChI is InChI=1S/C18H25NO5/c1-23-15-10-7-12-11-13(8-9-14(12)18(15)24-2)19-16(20)5-3-4-6-17(21)22/h7,10,13H,3-6,8-9,11H2,1-2H3,(H,19,20)(H,21,22)/t13-/m0/s1. The molecular formula is C18H25NO5. The SMILES string of the molecule is COc1ccc2c(c1OC)CC[C@H](NC(=O)CCCCC(=O)O)C2. The van der Waals surface area contributed by atoms with E-state index in [2.05, 4.69) is 5.32 Å². The van der Waals surface area contributed by atoms with E-state index >= 15 is 0 Å². The molecule has 6 nitrogen and oxygen atoms in total. The molecule has 0 aliphatic heterocycles. The first-order chi connectivity index (χ1) is 11.5. The van der Waals surface area contributed by atoms with Gasteiger partial charge in [-0.2, -0.15) is 0 Å². The van der Waals surface area contributed by atoms with Gasteiger partial charge in [0.1, 0.15) is 0 Å². The second-order valence-corrected chi connectivity index (χ2v) is 6.05. The van der Waals surface area contributed by atoms with Crippen molar-refractivity contribution in [3.8, 4) is 11.5 Å². The number of amides is 1. The van der Waals surface area contributed by atoms with E-state index in [0.29, 0.717) is 19.3 Å². The zero-order valence-electron chi connectivity index (χ0n) is 14.3. The van der Waals surface area contributed by atoms with E-state index in [0.717, 1.165) is 36.3 Å². The van der Waals surface area contributed by atoms with E-state index in [-0.39, 0.29) is 18.4 Å². The zero-order valence-corrected chi connectivity index (χ0v) is 14.3. The van der Waals surface area contributed by atoms with Gasteiger partial charge in [0, 0.05) is 24.4 Å². The lowest BCUT2D eigenvalue weighted by Gasteiger charge is -2.27. The van der Waals surface area contributed by atoms with Crippen LogP contribution in [0, 0.1) is 0 Å². The number of hydrogen-bond acceptors (Lipinski definition) is 4. The summed E-state index contributed by atoms with van der Waals surface area (Å²) in [5, 5.41) is 11.6. The van der Waals surface area contributed by atoms with E-state index < -0.39 is 5.97 Å². The normalized spacial score (nSPS) is 16.2. The van der Waals surface area contributed by atoms with Crippen molar-refractivity contribution < 1.29 is 24.2 Å². The molecule has 2 N–H and O–H groups in total. The molecule has 0 unspecified atom stereocenters. The second kappa shape index (κ2) is 8.57. The zero-order chi connectivity index (χ0) is 17.5. The van der Waals surface area contributed by atoms with Crippen LogP contribution in [0.4, 0.5) is 0 Å². The van der Waals surface area contributed by atoms with Gasteiger partial charge in [0.05, 0.1) is 14.2 Å². The third-order valence-electron chi connectivity index (χ3n) is 4.36. The fourth-order valence-corrected chi connectivity index (χ4v) is 3.17. The summed E-state index contributed by atoms with van der Waals surface area (Å²) in [6.45, 7) is 0. The van der Waals surface area contributed by atoms with Gasteiger partial charge < -0.3 is 19.9 Å². The van der Waals surface area contributed by atoms with Crippen molar-refractivity contribution in [1.82, 2.24) is 5.32 Å². The summed E-state index contributed by atoms with van der Waals surface area (Å²) in [6.07, 6.45) is 4.10. The van der Waals surface area contributed by atoms with Crippen LogP contribution in [-0.4, -0.2) is 37.2 Å². The van der Waals surface area contributed by atoms with Gasteiger partial charge in [0.25, 0.3) is 0 Å². The highest BCUT2D eigenvalue weighted by molar-refractivity contribution is 5.76. The predicted molar refractivity (Wildman–Crippen MR) is 89.6 cm³/mol. The number of carboxylic acids is 1. The smallest absolute Gasteiger partial charge is 0.303 e. The number of unbranched alkanes of at least 4 members (excludes halogenated alkanes) is 1. The first-order valence-corrected chi connectivity index (χ1v) is 8.29. The van der Waals surface area contributed by atoms with Gasteiger partial charge in [0.2, 0.25) is 5.91 Å². The molecular weight excluding hydrogens is 310 g/mol. The minimum absolute atomic E-state index is 0.00526. The predicted octanol–water partition coefficient (Wildman–Crippen LogP) is 2.32. The molecule has 24 heavy (non-hydrogen) atoms. The van der Waals surface area contributed by atoms with Gasteiger partial charge in [-0.05, 0) is 43.7 Å².